The quantitative estimate of drug-likeness (QED) is 0.873. The number of nitrogens with one attached hydrogen (secondary N) is 1. The maximum absolute atomic E-state index is 13.7. The predicted molar refractivity (Wildman–Crippen MR) is 73.2 cm³/mol. The zero-order chi connectivity index (χ0) is 14.0. The maximum Gasteiger partial charge on any atom is 0.150 e. The van der Waals surface area contributed by atoms with Crippen LogP contribution < -0.4 is 5.32 Å². The third-order valence-electron chi connectivity index (χ3n) is 2.62. The zero-order valence-electron chi connectivity index (χ0n) is 9.97. The number of halogens is 3. The average Bonchev–Trinajstić information content (AvgIpc) is 2.34. The highest BCUT2D eigenvalue weighted by atomic mass is 79.9. The van der Waals surface area contributed by atoms with Gasteiger partial charge in [-0.2, -0.15) is 5.26 Å². The summed E-state index contributed by atoms with van der Waals surface area (Å²) in [6.07, 6.45) is 0. The van der Waals surface area contributed by atoms with Crippen LogP contribution in [0, 0.1) is 29.9 Å². The van der Waals surface area contributed by atoms with Crippen LogP contribution in [0.15, 0.2) is 34.8 Å². The lowest BCUT2D eigenvalue weighted by Crippen LogP contribution is -1.97. The van der Waals surface area contributed by atoms with Crippen molar-refractivity contribution in [1.82, 2.24) is 0 Å². The molecule has 5 heteroatoms. The van der Waals surface area contributed by atoms with Crippen molar-refractivity contribution in [2.45, 2.75) is 6.92 Å². The fraction of sp³-hybridized carbons (Fsp3) is 0.0714. The van der Waals surface area contributed by atoms with E-state index in [0.717, 1.165) is 11.6 Å². The lowest BCUT2D eigenvalue weighted by molar-refractivity contribution is 0.584. The number of aryl methyl sites for hydroxylation is 1. The van der Waals surface area contributed by atoms with E-state index in [1.54, 1.807) is 25.1 Å². The van der Waals surface area contributed by atoms with Gasteiger partial charge in [-0.25, -0.2) is 8.78 Å². The van der Waals surface area contributed by atoms with Gasteiger partial charge < -0.3 is 5.32 Å². The first-order valence-corrected chi connectivity index (χ1v) is 6.23. The molecule has 0 radical (unpaired) electrons. The van der Waals surface area contributed by atoms with Crippen LogP contribution >= 0.6 is 15.9 Å². The first kappa shape index (κ1) is 13.5. The number of benzene rings is 2. The molecule has 0 aliphatic rings. The highest BCUT2D eigenvalue weighted by molar-refractivity contribution is 9.10. The molecule has 0 spiro atoms. The van der Waals surface area contributed by atoms with Crippen LogP contribution in [-0.2, 0) is 0 Å². The molecule has 1 N–H and O–H groups in total. The van der Waals surface area contributed by atoms with E-state index in [1.165, 1.54) is 6.07 Å². The van der Waals surface area contributed by atoms with E-state index >= 15 is 0 Å². The summed E-state index contributed by atoms with van der Waals surface area (Å²) in [6, 6.07) is 9.09. The molecule has 2 nitrogen and oxygen atoms in total. The van der Waals surface area contributed by atoms with E-state index in [1.807, 2.05) is 0 Å². The van der Waals surface area contributed by atoms with Gasteiger partial charge in [0.15, 0.2) is 5.82 Å². The van der Waals surface area contributed by atoms with E-state index in [-0.39, 0.29) is 5.69 Å². The minimum absolute atomic E-state index is 0.158. The summed E-state index contributed by atoms with van der Waals surface area (Å²) in [5, 5.41) is 11.7. The van der Waals surface area contributed by atoms with E-state index in [9.17, 15) is 8.78 Å². The molecule has 0 atom stereocenters. The summed E-state index contributed by atoms with van der Waals surface area (Å²) in [5.74, 6) is -1.33. The number of anilines is 2. The maximum atomic E-state index is 13.7. The first-order valence-electron chi connectivity index (χ1n) is 5.43. The Bertz CT molecular complexity index is 655. The molecule has 0 amide bonds. The van der Waals surface area contributed by atoms with Crippen LogP contribution in [-0.4, -0.2) is 0 Å². The third-order valence-corrected chi connectivity index (χ3v) is 3.25. The van der Waals surface area contributed by atoms with Crippen LogP contribution in [0.3, 0.4) is 0 Å². The minimum atomic E-state index is -0.686. The largest absolute Gasteiger partial charge is 0.352 e. The molecule has 0 bridgehead atoms. The molecule has 96 valence electrons. The van der Waals surface area contributed by atoms with Crippen molar-refractivity contribution in [1.29, 1.82) is 5.26 Å². The molecular weight excluding hydrogens is 314 g/mol. The van der Waals surface area contributed by atoms with Gasteiger partial charge in [-0.05, 0) is 52.7 Å². The number of hydrogen-bond donors (Lipinski definition) is 1. The molecule has 0 saturated carbocycles. The van der Waals surface area contributed by atoms with Crippen LogP contribution in [0.4, 0.5) is 20.2 Å². The highest BCUT2D eigenvalue weighted by Gasteiger charge is 2.10. The molecule has 0 heterocycles. The van der Waals surface area contributed by atoms with Gasteiger partial charge in [0, 0.05) is 16.2 Å². The van der Waals surface area contributed by atoms with E-state index in [0.29, 0.717) is 15.7 Å². The Labute approximate surface area is 117 Å². The van der Waals surface area contributed by atoms with E-state index in [2.05, 4.69) is 27.3 Å². The second-order valence-corrected chi connectivity index (χ2v) is 4.87. The molecule has 2 aromatic carbocycles. The molecule has 19 heavy (non-hydrogen) atoms. The fourth-order valence-corrected chi connectivity index (χ4v) is 2.18. The molecule has 0 fully saturated rings. The molecule has 0 aliphatic heterocycles. The van der Waals surface area contributed by atoms with Gasteiger partial charge in [0.05, 0.1) is 17.3 Å². The van der Waals surface area contributed by atoms with Gasteiger partial charge in [0.25, 0.3) is 0 Å². The molecule has 2 aromatic rings. The van der Waals surface area contributed by atoms with Gasteiger partial charge in [-0.1, -0.05) is 0 Å². The minimum Gasteiger partial charge on any atom is -0.352 e. The van der Waals surface area contributed by atoms with Gasteiger partial charge in [-0.3, -0.25) is 0 Å². The Morgan fingerprint density at radius 3 is 2.53 bits per heavy atom. The smallest absolute Gasteiger partial charge is 0.150 e. The van der Waals surface area contributed by atoms with Crippen molar-refractivity contribution in [3.05, 3.63) is 57.6 Å². The summed E-state index contributed by atoms with van der Waals surface area (Å²) in [6.45, 7) is 1.79. The Morgan fingerprint density at radius 1 is 1.21 bits per heavy atom. The fourth-order valence-electron chi connectivity index (χ4n) is 1.67. The summed E-state index contributed by atoms with van der Waals surface area (Å²) in [5.41, 5.74) is 2.13. The zero-order valence-corrected chi connectivity index (χ0v) is 11.6. The van der Waals surface area contributed by atoms with Crippen LogP contribution in [0.2, 0.25) is 0 Å². The van der Waals surface area contributed by atoms with Crippen molar-refractivity contribution in [3.63, 3.8) is 0 Å². The molecule has 0 unspecified atom stereocenters. The number of nitrogens with zero attached hydrogens (tertiary/aromatic N) is 1. The Kier molecular flexibility index (Phi) is 3.82. The second kappa shape index (κ2) is 5.37. The van der Waals surface area contributed by atoms with Crippen LogP contribution in [0.1, 0.15) is 11.1 Å². The Balaban J connectivity index is 2.37. The lowest BCUT2D eigenvalue weighted by Gasteiger charge is -2.11. The number of hydrogen-bond acceptors (Lipinski definition) is 2. The second-order valence-electron chi connectivity index (χ2n) is 4.01. The lowest BCUT2D eigenvalue weighted by atomic mass is 10.1. The molecule has 0 aliphatic carbocycles. The van der Waals surface area contributed by atoms with Crippen molar-refractivity contribution in [2.24, 2.45) is 0 Å². The average molecular weight is 323 g/mol. The molecule has 2 rings (SSSR count). The summed E-state index contributed by atoms with van der Waals surface area (Å²) < 4.78 is 26.9. The van der Waals surface area contributed by atoms with Crippen molar-refractivity contribution >= 4 is 27.3 Å². The Morgan fingerprint density at radius 2 is 1.95 bits per heavy atom. The SMILES string of the molecule is Cc1cc(Nc2c(F)cc(F)cc2Br)ccc1C#N. The normalized spacial score (nSPS) is 10.1. The number of rotatable bonds is 2. The summed E-state index contributed by atoms with van der Waals surface area (Å²) in [4.78, 5) is 0. The van der Waals surface area contributed by atoms with E-state index in [4.69, 9.17) is 5.26 Å². The summed E-state index contributed by atoms with van der Waals surface area (Å²) in [7, 11) is 0. The van der Waals surface area contributed by atoms with E-state index < -0.39 is 11.6 Å². The van der Waals surface area contributed by atoms with Gasteiger partial charge in [-0.15, -0.1) is 0 Å². The number of nitriles is 1. The summed E-state index contributed by atoms with van der Waals surface area (Å²) >= 11 is 3.11. The van der Waals surface area contributed by atoms with Crippen LogP contribution in [0.25, 0.3) is 0 Å². The standard InChI is InChI=1S/C14H9BrF2N2/c1-8-4-11(3-2-9(8)7-18)19-14-12(15)5-10(16)6-13(14)17/h2-6,19H,1H3. The molecule has 0 aromatic heterocycles. The van der Waals surface area contributed by atoms with Crippen LogP contribution in [0.5, 0.6) is 0 Å². The van der Waals surface area contributed by atoms with Gasteiger partial charge >= 0.3 is 0 Å². The van der Waals surface area contributed by atoms with Crippen molar-refractivity contribution in [2.75, 3.05) is 5.32 Å². The molecule has 0 saturated heterocycles. The van der Waals surface area contributed by atoms with Crippen molar-refractivity contribution in [3.8, 4) is 6.07 Å². The monoisotopic (exact) mass is 322 g/mol. The first-order chi connectivity index (χ1) is 9.01. The third kappa shape index (κ3) is 2.91. The molecular formula is C14H9BrF2N2. The van der Waals surface area contributed by atoms with Gasteiger partial charge in [0.1, 0.15) is 5.82 Å². The topological polar surface area (TPSA) is 35.8 Å². The highest BCUT2D eigenvalue weighted by Crippen LogP contribution is 2.30. The van der Waals surface area contributed by atoms with Gasteiger partial charge in [0.2, 0.25) is 0 Å². The Hall–Kier alpha value is -1.93. The van der Waals surface area contributed by atoms with Crippen molar-refractivity contribution < 1.29 is 8.78 Å². The predicted octanol–water partition coefficient (Wildman–Crippen LogP) is 4.65.